The smallest absolute Gasteiger partial charge is 0.263 e. The van der Waals surface area contributed by atoms with Crippen molar-refractivity contribution in [3.8, 4) is 11.5 Å². The van der Waals surface area contributed by atoms with Crippen LogP contribution in [0.25, 0.3) is 0 Å². The van der Waals surface area contributed by atoms with Gasteiger partial charge >= 0.3 is 0 Å². The molecule has 1 fully saturated rings. The molecule has 1 N–H and O–H groups in total. The highest BCUT2D eigenvalue weighted by molar-refractivity contribution is 6.08. The lowest BCUT2D eigenvalue weighted by molar-refractivity contribution is 0.0989. The molecule has 1 unspecified atom stereocenters. The SMILES string of the molecule is COc1cccc(OC)c1C(=O)Nc1ccc(N2CCOCC2C)cc1. The van der Waals surface area contributed by atoms with Gasteiger partial charge in [-0.15, -0.1) is 0 Å². The summed E-state index contributed by atoms with van der Waals surface area (Å²) in [5.41, 5.74) is 2.21. The Hall–Kier alpha value is -2.73. The highest BCUT2D eigenvalue weighted by atomic mass is 16.5. The third-order valence-corrected chi connectivity index (χ3v) is 4.48. The van der Waals surface area contributed by atoms with Crippen LogP contribution in [0.1, 0.15) is 17.3 Å². The van der Waals surface area contributed by atoms with Crippen molar-refractivity contribution >= 4 is 17.3 Å². The van der Waals surface area contributed by atoms with Gasteiger partial charge in [-0.3, -0.25) is 4.79 Å². The summed E-state index contributed by atoms with van der Waals surface area (Å²) in [7, 11) is 3.06. The van der Waals surface area contributed by atoms with Crippen LogP contribution in [0.15, 0.2) is 42.5 Å². The fraction of sp³-hybridized carbons (Fsp3) is 0.350. The molecule has 2 aromatic rings. The topological polar surface area (TPSA) is 60.0 Å². The first-order valence-electron chi connectivity index (χ1n) is 8.61. The van der Waals surface area contributed by atoms with Gasteiger partial charge in [0.2, 0.25) is 0 Å². The van der Waals surface area contributed by atoms with Crippen LogP contribution in [0.2, 0.25) is 0 Å². The summed E-state index contributed by atoms with van der Waals surface area (Å²) in [6.07, 6.45) is 0. The Morgan fingerprint density at radius 3 is 2.35 bits per heavy atom. The van der Waals surface area contributed by atoms with Crippen LogP contribution in [0.4, 0.5) is 11.4 Å². The third-order valence-electron chi connectivity index (χ3n) is 4.48. The molecule has 0 radical (unpaired) electrons. The van der Waals surface area contributed by atoms with Gasteiger partial charge in [0.05, 0.1) is 27.4 Å². The Balaban J connectivity index is 1.76. The van der Waals surface area contributed by atoms with Crippen LogP contribution >= 0.6 is 0 Å². The molecule has 6 heteroatoms. The van der Waals surface area contributed by atoms with Crippen LogP contribution in [-0.2, 0) is 4.74 Å². The average Bonchev–Trinajstić information content (AvgIpc) is 2.68. The summed E-state index contributed by atoms with van der Waals surface area (Å²) in [5.74, 6) is 0.674. The number of nitrogens with one attached hydrogen (secondary N) is 1. The predicted molar refractivity (Wildman–Crippen MR) is 102 cm³/mol. The number of carbonyl (C=O) groups excluding carboxylic acids is 1. The number of amides is 1. The quantitative estimate of drug-likeness (QED) is 0.892. The maximum Gasteiger partial charge on any atom is 0.263 e. The van der Waals surface area contributed by atoms with Gasteiger partial charge in [0.1, 0.15) is 17.1 Å². The third kappa shape index (κ3) is 3.75. The molecule has 0 aromatic heterocycles. The maximum atomic E-state index is 12.7. The molecule has 0 bridgehead atoms. The van der Waals surface area contributed by atoms with E-state index in [1.165, 1.54) is 14.2 Å². The van der Waals surface area contributed by atoms with Crippen molar-refractivity contribution in [1.29, 1.82) is 0 Å². The fourth-order valence-corrected chi connectivity index (χ4v) is 3.12. The molecule has 1 aliphatic rings. The Bertz CT molecular complexity index is 739. The Kier molecular flexibility index (Phi) is 5.63. The van der Waals surface area contributed by atoms with E-state index >= 15 is 0 Å². The molecule has 2 aromatic carbocycles. The Labute approximate surface area is 153 Å². The van der Waals surface area contributed by atoms with Gasteiger partial charge in [0.25, 0.3) is 5.91 Å². The number of hydrogen-bond donors (Lipinski definition) is 1. The number of anilines is 2. The lowest BCUT2D eigenvalue weighted by atomic mass is 10.1. The number of morpholine rings is 1. The highest BCUT2D eigenvalue weighted by Gasteiger charge is 2.20. The van der Waals surface area contributed by atoms with Crippen LogP contribution in [0, 0.1) is 0 Å². The standard InChI is InChI=1S/C20H24N2O4/c1-14-13-26-12-11-22(14)16-9-7-15(8-10-16)21-20(23)19-17(24-2)5-4-6-18(19)25-3/h4-10,14H,11-13H2,1-3H3,(H,21,23). The second-order valence-corrected chi connectivity index (χ2v) is 6.16. The summed E-state index contributed by atoms with van der Waals surface area (Å²) >= 11 is 0. The summed E-state index contributed by atoms with van der Waals surface area (Å²) in [5, 5.41) is 2.91. The zero-order valence-electron chi connectivity index (χ0n) is 15.3. The maximum absolute atomic E-state index is 12.7. The van der Waals surface area contributed by atoms with Crippen molar-refractivity contribution in [3.05, 3.63) is 48.0 Å². The van der Waals surface area contributed by atoms with Crippen molar-refractivity contribution < 1.29 is 19.0 Å². The molecule has 0 saturated carbocycles. The highest BCUT2D eigenvalue weighted by Crippen LogP contribution is 2.29. The Morgan fingerprint density at radius 1 is 1.12 bits per heavy atom. The van der Waals surface area contributed by atoms with E-state index in [-0.39, 0.29) is 5.91 Å². The van der Waals surface area contributed by atoms with E-state index in [4.69, 9.17) is 14.2 Å². The second-order valence-electron chi connectivity index (χ2n) is 6.16. The molecule has 6 nitrogen and oxygen atoms in total. The number of carbonyl (C=O) groups is 1. The van der Waals surface area contributed by atoms with Crippen LogP contribution < -0.4 is 19.7 Å². The minimum atomic E-state index is -0.271. The minimum Gasteiger partial charge on any atom is -0.496 e. The van der Waals surface area contributed by atoms with E-state index in [1.54, 1.807) is 18.2 Å². The normalized spacial score (nSPS) is 16.9. The summed E-state index contributed by atoms with van der Waals surface area (Å²) in [6.45, 7) is 4.47. The van der Waals surface area contributed by atoms with Gasteiger partial charge in [-0.05, 0) is 43.3 Å². The van der Waals surface area contributed by atoms with Crippen molar-refractivity contribution in [2.24, 2.45) is 0 Å². The summed E-state index contributed by atoms with van der Waals surface area (Å²) in [6, 6.07) is 13.4. The summed E-state index contributed by atoms with van der Waals surface area (Å²) < 4.78 is 16.1. The van der Waals surface area contributed by atoms with Gasteiger partial charge in [-0.2, -0.15) is 0 Å². The lowest BCUT2D eigenvalue weighted by Gasteiger charge is -2.35. The van der Waals surface area contributed by atoms with E-state index in [2.05, 4.69) is 17.1 Å². The number of nitrogens with zero attached hydrogens (tertiary/aromatic N) is 1. The molecule has 1 aliphatic heterocycles. The van der Waals surface area contributed by atoms with Gasteiger partial charge in [0, 0.05) is 24.0 Å². The van der Waals surface area contributed by atoms with Crippen LogP contribution in [0.5, 0.6) is 11.5 Å². The molecule has 26 heavy (non-hydrogen) atoms. The molecule has 1 atom stereocenters. The zero-order chi connectivity index (χ0) is 18.5. The molecule has 3 rings (SSSR count). The first kappa shape index (κ1) is 18.1. The van der Waals surface area contributed by atoms with E-state index < -0.39 is 0 Å². The molecule has 138 valence electrons. The largest absolute Gasteiger partial charge is 0.496 e. The monoisotopic (exact) mass is 356 g/mol. The van der Waals surface area contributed by atoms with Gasteiger partial charge < -0.3 is 24.4 Å². The summed E-state index contributed by atoms with van der Waals surface area (Å²) in [4.78, 5) is 15.0. The van der Waals surface area contributed by atoms with Crippen molar-refractivity contribution in [2.75, 3.05) is 44.2 Å². The van der Waals surface area contributed by atoms with Gasteiger partial charge in [0.15, 0.2) is 0 Å². The molecule has 1 heterocycles. The van der Waals surface area contributed by atoms with E-state index in [1.807, 2.05) is 24.3 Å². The Morgan fingerprint density at radius 2 is 1.77 bits per heavy atom. The number of benzene rings is 2. The zero-order valence-corrected chi connectivity index (χ0v) is 15.3. The van der Waals surface area contributed by atoms with Crippen LogP contribution in [-0.4, -0.2) is 45.9 Å². The first-order chi connectivity index (χ1) is 12.6. The second kappa shape index (κ2) is 8.10. The lowest BCUT2D eigenvalue weighted by Crippen LogP contribution is -2.43. The fourth-order valence-electron chi connectivity index (χ4n) is 3.12. The molecule has 0 spiro atoms. The number of methoxy groups -OCH3 is 2. The number of hydrogen-bond acceptors (Lipinski definition) is 5. The van der Waals surface area contributed by atoms with Gasteiger partial charge in [-0.25, -0.2) is 0 Å². The molecular weight excluding hydrogens is 332 g/mol. The molecule has 1 saturated heterocycles. The molecule has 0 aliphatic carbocycles. The van der Waals surface area contributed by atoms with Crippen LogP contribution in [0.3, 0.4) is 0 Å². The van der Waals surface area contributed by atoms with E-state index in [0.29, 0.717) is 28.8 Å². The molecular formula is C20H24N2O4. The minimum absolute atomic E-state index is 0.271. The molecule has 1 amide bonds. The first-order valence-corrected chi connectivity index (χ1v) is 8.61. The number of ether oxygens (including phenoxy) is 3. The number of rotatable bonds is 5. The van der Waals surface area contributed by atoms with E-state index in [9.17, 15) is 4.79 Å². The van der Waals surface area contributed by atoms with Crippen molar-refractivity contribution in [1.82, 2.24) is 0 Å². The average molecular weight is 356 g/mol. The van der Waals surface area contributed by atoms with Crippen molar-refractivity contribution in [3.63, 3.8) is 0 Å². The predicted octanol–water partition coefficient (Wildman–Crippen LogP) is 3.18. The van der Waals surface area contributed by atoms with Crippen molar-refractivity contribution in [2.45, 2.75) is 13.0 Å². The van der Waals surface area contributed by atoms with E-state index in [0.717, 1.165) is 25.4 Å². The van der Waals surface area contributed by atoms with Gasteiger partial charge in [-0.1, -0.05) is 6.07 Å².